The van der Waals surface area contributed by atoms with Crippen molar-refractivity contribution in [2.45, 2.75) is 57.0 Å². The first kappa shape index (κ1) is 31.0. The van der Waals surface area contributed by atoms with E-state index in [1.165, 1.54) is 0 Å². The molecule has 2 aromatic carbocycles. The molecule has 0 radical (unpaired) electrons. The van der Waals surface area contributed by atoms with Crippen LogP contribution in [-0.4, -0.2) is 52.0 Å². The normalized spacial score (nSPS) is 12.2. The van der Waals surface area contributed by atoms with Crippen LogP contribution in [0.1, 0.15) is 44.1 Å². The predicted octanol–water partition coefficient (Wildman–Crippen LogP) is 3.59. The number of amides is 3. The average Bonchev–Trinajstić information content (AvgIpc) is 3.44. The van der Waals surface area contributed by atoms with Crippen molar-refractivity contribution in [3.63, 3.8) is 0 Å². The second-order valence-corrected chi connectivity index (χ2v) is 10.5. The summed E-state index contributed by atoms with van der Waals surface area (Å²) in [5, 5.41) is 24.9. The molecule has 0 aliphatic heterocycles. The van der Waals surface area contributed by atoms with Crippen LogP contribution in [0.2, 0.25) is 0 Å². The number of carboxylic acid groups (broad SMARTS) is 2. The summed E-state index contributed by atoms with van der Waals surface area (Å²) >= 11 is 1.65. The number of carboxylic acids is 2. The Hall–Kier alpha value is -4.51. The second-order valence-electron chi connectivity index (χ2n) is 9.56. The third-order valence-corrected chi connectivity index (χ3v) is 7.41. The van der Waals surface area contributed by atoms with E-state index in [1.54, 1.807) is 11.3 Å². The zero-order valence-corrected chi connectivity index (χ0v) is 23.2. The molecule has 216 valence electrons. The van der Waals surface area contributed by atoms with Crippen molar-refractivity contribution in [2.24, 2.45) is 5.73 Å². The van der Waals surface area contributed by atoms with Gasteiger partial charge in [-0.1, -0.05) is 54.6 Å². The number of benzene rings is 2. The number of carbonyl (C=O) groups excluding carboxylic acids is 3. The molecule has 0 aliphatic rings. The minimum atomic E-state index is -1.23. The molecule has 0 spiro atoms. The Morgan fingerprint density at radius 2 is 1.44 bits per heavy atom. The number of rotatable bonds is 16. The summed E-state index contributed by atoms with van der Waals surface area (Å²) < 4.78 is 0. The minimum absolute atomic E-state index is 0.0226. The van der Waals surface area contributed by atoms with Gasteiger partial charge in [-0.25, -0.2) is 0 Å². The quantitative estimate of drug-likeness (QED) is 0.172. The first-order chi connectivity index (χ1) is 19.6. The summed E-state index contributed by atoms with van der Waals surface area (Å²) in [5.41, 5.74) is 9.58. The van der Waals surface area contributed by atoms with E-state index in [9.17, 15) is 24.0 Å². The summed E-state index contributed by atoms with van der Waals surface area (Å²) in [7, 11) is 0. The van der Waals surface area contributed by atoms with Crippen LogP contribution in [-0.2, 0) is 30.4 Å². The van der Waals surface area contributed by atoms with Gasteiger partial charge in [0.25, 0.3) is 0 Å². The topological polar surface area (TPSA) is 176 Å². The summed E-state index contributed by atoms with van der Waals surface area (Å²) in [4.78, 5) is 60.1. The molecule has 3 amide bonds. The van der Waals surface area contributed by atoms with Crippen LogP contribution in [0.15, 0.2) is 66.0 Å². The molecule has 41 heavy (non-hydrogen) atoms. The summed E-state index contributed by atoms with van der Waals surface area (Å²) in [6, 6.07) is 17.8. The van der Waals surface area contributed by atoms with Crippen molar-refractivity contribution in [3.05, 3.63) is 71.6 Å². The van der Waals surface area contributed by atoms with E-state index in [-0.39, 0.29) is 38.5 Å². The molecular weight excluding hydrogens is 546 g/mol. The predicted molar refractivity (Wildman–Crippen MR) is 155 cm³/mol. The molecular formula is C30H33N3O7S. The van der Waals surface area contributed by atoms with Gasteiger partial charge in [0.15, 0.2) is 0 Å². The molecule has 11 heteroatoms. The smallest absolute Gasteiger partial charge is 0.303 e. The highest BCUT2D eigenvalue weighted by Crippen LogP contribution is 2.32. The third-order valence-electron chi connectivity index (χ3n) is 6.43. The van der Waals surface area contributed by atoms with Crippen LogP contribution < -0.4 is 16.4 Å². The molecule has 1 unspecified atom stereocenters. The van der Waals surface area contributed by atoms with Crippen LogP contribution in [0.4, 0.5) is 0 Å². The Labute approximate surface area is 241 Å². The van der Waals surface area contributed by atoms with E-state index in [2.05, 4.69) is 34.2 Å². The van der Waals surface area contributed by atoms with Crippen molar-refractivity contribution in [1.82, 2.24) is 10.6 Å². The molecule has 1 aromatic heterocycles. The zero-order chi connectivity index (χ0) is 29.8. The van der Waals surface area contributed by atoms with E-state index < -0.39 is 41.7 Å². The van der Waals surface area contributed by atoms with E-state index in [4.69, 9.17) is 15.9 Å². The fraction of sp³-hybridized carbons (Fsp3) is 0.300. The lowest BCUT2D eigenvalue weighted by Gasteiger charge is -2.21. The van der Waals surface area contributed by atoms with Crippen molar-refractivity contribution >= 4 is 41.0 Å². The summed E-state index contributed by atoms with van der Waals surface area (Å²) in [6.07, 6.45) is -0.170. The number of carbonyl (C=O) groups is 5. The number of thiophene rings is 1. The first-order valence-electron chi connectivity index (χ1n) is 13.2. The van der Waals surface area contributed by atoms with Gasteiger partial charge in [0, 0.05) is 24.1 Å². The monoisotopic (exact) mass is 579 g/mol. The maximum atomic E-state index is 12.8. The van der Waals surface area contributed by atoms with Gasteiger partial charge in [-0.15, -0.1) is 11.3 Å². The molecule has 0 saturated carbocycles. The fourth-order valence-corrected chi connectivity index (χ4v) is 5.11. The van der Waals surface area contributed by atoms with Crippen molar-refractivity contribution in [1.29, 1.82) is 0 Å². The van der Waals surface area contributed by atoms with Gasteiger partial charge in [0.2, 0.25) is 17.7 Å². The molecule has 0 bridgehead atoms. The standard InChI is InChI=1S/C30H33N3O7S/c31-29(39)23(14-16-28(37)38)33-30(40)24(7-4-8-27(35)36)32-26(34)15-11-19-9-12-21(13-10-19)25-17-22(18-41-25)20-5-2-1-3-6-20/h1-3,5-6,9-10,12-13,17-18,23-24H,4,7-8,11,14-16H2,(H2,31,39)(H,32,34)(H,33,40)(H,35,36)(H,37,38)/t23-,24?/m0/s1. The van der Waals surface area contributed by atoms with Gasteiger partial charge in [0.05, 0.1) is 0 Å². The van der Waals surface area contributed by atoms with Crippen molar-refractivity contribution in [3.8, 4) is 21.6 Å². The molecule has 1 heterocycles. The lowest BCUT2D eigenvalue weighted by molar-refractivity contribution is -0.138. The maximum Gasteiger partial charge on any atom is 0.303 e. The number of aryl methyl sites for hydroxylation is 1. The highest BCUT2D eigenvalue weighted by molar-refractivity contribution is 7.14. The van der Waals surface area contributed by atoms with E-state index in [0.29, 0.717) is 6.42 Å². The summed E-state index contributed by atoms with van der Waals surface area (Å²) in [5.74, 6) is -4.26. The SMILES string of the molecule is NC(=O)[C@H](CCC(=O)O)NC(=O)C(CCCC(=O)O)NC(=O)CCc1ccc(-c2cc(-c3ccccc3)cs2)cc1. The van der Waals surface area contributed by atoms with Crippen LogP contribution in [0.3, 0.4) is 0 Å². The number of nitrogens with two attached hydrogens (primary N) is 1. The lowest BCUT2D eigenvalue weighted by Crippen LogP contribution is -2.53. The highest BCUT2D eigenvalue weighted by atomic mass is 32.1. The Bertz CT molecular complexity index is 1360. The first-order valence-corrected chi connectivity index (χ1v) is 14.1. The van der Waals surface area contributed by atoms with Gasteiger partial charge in [0.1, 0.15) is 12.1 Å². The molecule has 0 fully saturated rings. The van der Waals surface area contributed by atoms with Crippen LogP contribution >= 0.6 is 11.3 Å². The number of hydrogen-bond acceptors (Lipinski definition) is 6. The number of primary amides is 1. The van der Waals surface area contributed by atoms with Gasteiger partial charge in [-0.05, 0) is 59.4 Å². The van der Waals surface area contributed by atoms with Crippen LogP contribution in [0, 0.1) is 0 Å². The average molecular weight is 580 g/mol. The molecule has 0 aliphatic carbocycles. The van der Waals surface area contributed by atoms with E-state index >= 15 is 0 Å². The Balaban J connectivity index is 1.57. The molecule has 6 N–H and O–H groups in total. The Morgan fingerprint density at radius 1 is 0.756 bits per heavy atom. The molecule has 3 rings (SSSR count). The molecule has 3 aromatic rings. The highest BCUT2D eigenvalue weighted by Gasteiger charge is 2.26. The van der Waals surface area contributed by atoms with Crippen LogP contribution in [0.25, 0.3) is 21.6 Å². The van der Waals surface area contributed by atoms with Gasteiger partial charge in [-0.3, -0.25) is 24.0 Å². The number of hydrogen-bond donors (Lipinski definition) is 5. The fourth-order valence-electron chi connectivity index (χ4n) is 4.18. The van der Waals surface area contributed by atoms with E-state index in [1.807, 2.05) is 42.5 Å². The summed E-state index contributed by atoms with van der Waals surface area (Å²) in [6.45, 7) is 0. The van der Waals surface area contributed by atoms with Crippen LogP contribution in [0.5, 0.6) is 0 Å². The third kappa shape index (κ3) is 10.2. The van der Waals surface area contributed by atoms with Gasteiger partial charge < -0.3 is 26.6 Å². The zero-order valence-electron chi connectivity index (χ0n) is 22.4. The number of aliphatic carboxylic acids is 2. The Kier molecular flexibility index (Phi) is 11.6. The maximum absolute atomic E-state index is 12.8. The Morgan fingerprint density at radius 3 is 2.07 bits per heavy atom. The minimum Gasteiger partial charge on any atom is -0.481 e. The number of nitrogens with one attached hydrogen (secondary N) is 2. The van der Waals surface area contributed by atoms with Crippen molar-refractivity contribution in [2.75, 3.05) is 0 Å². The molecule has 10 nitrogen and oxygen atoms in total. The van der Waals surface area contributed by atoms with Gasteiger partial charge >= 0.3 is 11.9 Å². The largest absolute Gasteiger partial charge is 0.481 e. The lowest BCUT2D eigenvalue weighted by atomic mass is 10.0. The molecule has 0 saturated heterocycles. The van der Waals surface area contributed by atoms with E-state index in [0.717, 1.165) is 27.1 Å². The van der Waals surface area contributed by atoms with Gasteiger partial charge in [-0.2, -0.15) is 0 Å². The molecule has 2 atom stereocenters. The second kappa shape index (κ2) is 15.3. The van der Waals surface area contributed by atoms with Crippen molar-refractivity contribution < 1.29 is 34.2 Å².